The van der Waals surface area contributed by atoms with Gasteiger partial charge in [0.2, 0.25) is 0 Å². The standard InChI is InChI=1S/C19H15N7OS/c1-27-16-8-6-15(7-9-16)26-19(28)17(11-21-26)18-22-23-24-25(18)12-14-4-2-13(10-20)3-5-14/h2-9,11,21H,12H2,1H3. The first-order valence-electron chi connectivity index (χ1n) is 8.40. The van der Waals surface area contributed by atoms with Crippen molar-refractivity contribution in [1.29, 1.82) is 5.26 Å². The van der Waals surface area contributed by atoms with Crippen molar-refractivity contribution in [2.75, 3.05) is 7.11 Å². The molecule has 0 amide bonds. The summed E-state index contributed by atoms with van der Waals surface area (Å²) in [6.45, 7) is 0.469. The number of H-pyrrole nitrogens is 1. The van der Waals surface area contributed by atoms with E-state index in [0.717, 1.165) is 22.6 Å². The zero-order chi connectivity index (χ0) is 19.5. The fourth-order valence-corrected chi connectivity index (χ4v) is 3.12. The smallest absolute Gasteiger partial charge is 0.186 e. The van der Waals surface area contributed by atoms with Crippen LogP contribution >= 0.6 is 12.2 Å². The summed E-state index contributed by atoms with van der Waals surface area (Å²) in [5, 5.41) is 24.1. The van der Waals surface area contributed by atoms with E-state index in [1.807, 2.05) is 36.4 Å². The van der Waals surface area contributed by atoms with Crippen molar-refractivity contribution in [1.82, 2.24) is 30.0 Å². The number of methoxy groups -OCH3 is 1. The molecule has 1 N–H and O–H groups in total. The molecule has 138 valence electrons. The van der Waals surface area contributed by atoms with Crippen LogP contribution in [0.1, 0.15) is 11.1 Å². The summed E-state index contributed by atoms with van der Waals surface area (Å²) in [5.74, 6) is 1.34. The fraction of sp³-hybridized carbons (Fsp3) is 0.105. The molecule has 0 aliphatic heterocycles. The molecule has 2 heterocycles. The highest BCUT2D eigenvalue weighted by Gasteiger charge is 2.15. The van der Waals surface area contributed by atoms with Crippen LogP contribution in [0, 0.1) is 16.0 Å². The molecule has 0 saturated heterocycles. The van der Waals surface area contributed by atoms with E-state index >= 15 is 0 Å². The van der Waals surface area contributed by atoms with E-state index in [1.54, 1.807) is 34.8 Å². The second kappa shape index (κ2) is 7.46. The highest BCUT2D eigenvalue weighted by Crippen LogP contribution is 2.22. The van der Waals surface area contributed by atoms with Gasteiger partial charge >= 0.3 is 0 Å². The van der Waals surface area contributed by atoms with Crippen LogP contribution in [0.15, 0.2) is 54.7 Å². The fourth-order valence-electron chi connectivity index (χ4n) is 2.81. The van der Waals surface area contributed by atoms with Crippen LogP contribution in [0.2, 0.25) is 0 Å². The lowest BCUT2D eigenvalue weighted by atomic mass is 10.1. The number of benzene rings is 2. The van der Waals surface area contributed by atoms with Gasteiger partial charge in [-0.1, -0.05) is 24.4 Å². The quantitative estimate of drug-likeness (QED) is 0.527. The van der Waals surface area contributed by atoms with Crippen molar-refractivity contribution >= 4 is 12.2 Å². The molecule has 0 atom stereocenters. The number of tetrazole rings is 1. The van der Waals surface area contributed by atoms with E-state index in [-0.39, 0.29) is 0 Å². The Labute approximate surface area is 165 Å². The van der Waals surface area contributed by atoms with Gasteiger partial charge < -0.3 is 4.74 Å². The number of aromatic amines is 1. The van der Waals surface area contributed by atoms with Gasteiger partial charge in [-0.15, -0.1) is 5.10 Å². The van der Waals surface area contributed by atoms with Crippen LogP contribution < -0.4 is 4.74 Å². The lowest BCUT2D eigenvalue weighted by Crippen LogP contribution is -2.04. The number of hydrogen-bond donors (Lipinski definition) is 1. The molecule has 0 unspecified atom stereocenters. The Balaban J connectivity index is 1.65. The predicted octanol–water partition coefficient (Wildman–Crippen LogP) is 3.12. The van der Waals surface area contributed by atoms with Crippen LogP contribution in [0.4, 0.5) is 0 Å². The monoisotopic (exact) mass is 389 g/mol. The lowest BCUT2D eigenvalue weighted by molar-refractivity contribution is 0.414. The summed E-state index contributed by atoms with van der Waals surface area (Å²) in [7, 11) is 1.63. The number of aromatic nitrogens is 6. The molecule has 9 heteroatoms. The van der Waals surface area contributed by atoms with E-state index < -0.39 is 0 Å². The summed E-state index contributed by atoms with van der Waals surface area (Å²) in [5.41, 5.74) is 3.20. The van der Waals surface area contributed by atoms with Crippen LogP contribution in [-0.2, 0) is 6.54 Å². The highest BCUT2D eigenvalue weighted by molar-refractivity contribution is 7.71. The van der Waals surface area contributed by atoms with E-state index in [2.05, 4.69) is 26.7 Å². The zero-order valence-electron chi connectivity index (χ0n) is 14.9. The Bertz CT molecular complexity index is 1200. The first-order chi connectivity index (χ1) is 13.7. The first kappa shape index (κ1) is 17.6. The zero-order valence-corrected chi connectivity index (χ0v) is 15.7. The molecule has 0 aliphatic rings. The molecule has 0 bridgehead atoms. The van der Waals surface area contributed by atoms with Gasteiger partial charge in [0.15, 0.2) is 5.82 Å². The van der Waals surface area contributed by atoms with E-state index in [9.17, 15) is 0 Å². The Morgan fingerprint density at radius 2 is 1.89 bits per heavy atom. The SMILES string of the molecule is COc1ccc(-n2[nH]cc(-c3nnnn3Cc3ccc(C#N)cc3)c2=S)cc1. The van der Waals surface area contributed by atoms with Gasteiger partial charge in [0, 0.05) is 6.20 Å². The molecular weight excluding hydrogens is 374 g/mol. The third-order valence-corrected chi connectivity index (χ3v) is 4.69. The lowest BCUT2D eigenvalue weighted by Gasteiger charge is -2.05. The second-order valence-corrected chi connectivity index (χ2v) is 6.38. The molecule has 2 aromatic heterocycles. The molecule has 4 rings (SSSR count). The number of ether oxygens (including phenoxy) is 1. The topological polar surface area (TPSA) is 97.3 Å². The first-order valence-corrected chi connectivity index (χ1v) is 8.81. The number of nitrogens with one attached hydrogen (secondary N) is 1. The molecule has 0 saturated carbocycles. The van der Waals surface area contributed by atoms with Crippen LogP contribution in [0.3, 0.4) is 0 Å². The molecule has 0 aliphatic carbocycles. The van der Waals surface area contributed by atoms with Crippen LogP contribution in [0.25, 0.3) is 17.1 Å². The second-order valence-electron chi connectivity index (χ2n) is 5.99. The third-order valence-electron chi connectivity index (χ3n) is 4.29. The van der Waals surface area contributed by atoms with E-state index in [1.165, 1.54) is 0 Å². The minimum Gasteiger partial charge on any atom is -0.497 e. The molecule has 0 fully saturated rings. The van der Waals surface area contributed by atoms with Crippen molar-refractivity contribution in [2.24, 2.45) is 0 Å². The summed E-state index contributed by atoms with van der Waals surface area (Å²) in [6, 6.07) is 17.0. The summed E-state index contributed by atoms with van der Waals surface area (Å²) in [6.07, 6.45) is 1.79. The Hall–Kier alpha value is -3.77. The van der Waals surface area contributed by atoms with Crippen molar-refractivity contribution in [3.05, 3.63) is 70.5 Å². The van der Waals surface area contributed by atoms with E-state index in [4.69, 9.17) is 22.2 Å². The maximum atomic E-state index is 8.92. The average molecular weight is 389 g/mol. The van der Waals surface area contributed by atoms with Gasteiger partial charge in [-0.2, -0.15) is 5.26 Å². The predicted molar refractivity (Wildman–Crippen MR) is 105 cm³/mol. The van der Waals surface area contributed by atoms with Gasteiger partial charge in [-0.25, -0.2) is 9.36 Å². The minimum absolute atomic E-state index is 0.469. The molecule has 0 spiro atoms. The van der Waals surface area contributed by atoms with Gasteiger partial charge in [0.25, 0.3) is 0 Å². The third kappa shape index (κ3) is 3.28. The molecule has 4 aromatic rings. The maximum absolute atomic E-state index is 8.92. The van der Waals surface area contributed by atoms with Crippen LogP contribution in [-0.4, -0.2) is 37.1 Å². The Kier molecular flexibility index (Phi) is 4.70. The van der Waals surface area contributed by atoms with Gasteiger partial charge in [-0.3, -0.25) is 5.10 Å². The number of hydrogen-bond acceptors (Lipinski definition) is 6. The molecule has 0 radical (unpaired) electrons. The number of nitriles is 1. The molecule has 28 heavy (non-hydrogen) atoms. The van der Waals surface area contributed by atoms with Crippen molar-refractivity contribution < 1.29 is 4.74 Å². The number of rotatable bonds is 5. The minimum atomic E-state index is 0.469. The highest BCUT2D eigenvalue weighted by atomic mass is 32.1. The largest absolute Gasteiger partial charge is 0.497 e. The summed E-state index contributed by atoms with van der Waals surface area (Å²) in [4.78, 5) is 0. The van der Waals surface area contributed by atoms with Gasteiger partial charge in [0.05, 0.1) is 36.5 Å². The van der Waals surface area contributed by atoms with E-state index in [0.29, 0.717) is 22.6 Å². The Morgan fingerprint density at radius 1 is 1.14 bits per heavy atom. The summed E-state index contributed by atoms with van der Waals surface area (Å²) < 4.78 is 9.23. The molecule has 8 nitrogen and oxygen atoms in total. The molecular formula is C19H15N7OS. The average Bonchev–Trinajstić information content (AvgIpc) is 3.34. The molecule has 2 aromatic carbocycles. The van der Waals surface area contributed by atoms with Crippen molar-refractivity contribution in [2.45, 2.75) is 6.54 Å². The Morgan fingerprint density at radius 3 is 2.57 bits per heavy atom. The van der Waals surface area contributed by atoms with Crippen molar-refractivity contribution in [3.63, 3.8) is 0 Å². The maximum Gasteiger partial charge on any atom is 0.186 e. The number of nitrogens with zero attached hydrogens (tertiary/aromatic N) is 6. The van der Waals surface area contributed by atoms with Gasteiger partial charge in [-0.05, 0) is 52.4 Å². The van der Waals surface area contributed by atoms with Crippen LogP contribution in [0.5, 0.6) is 5.75 Å². The van der Waals surface area contributed by atoms with Gasteiger partial charge in [0.1, 0.15) is 10.4 Å². The summed E-state index contributed by atoms with van der Waals surface area (Å²) >= 11 is 5.63. The normalized spacial score (nSPS) is 10.6. The van der Waals surface area contributed by atoms with Crippen molar-refractivity contribution in [3.8, 4) is 28.9 Å².